The Balaban J connectivity index is 1.73. The van der Waals surface area contributed by atoms with Crippen molar-refractivity contribution in [1.29, 1.82) is 0 Å². The van der Waals surface area contributed by atoms with Gasteiger partial charge in [-0.05, 0) is 18.2 Å². The molecule has 4 aromatic heterocycles. The van der Waals surface area contributed by atoms with Crippen molar-refractivity contribution in [3.8, 4) is 34.3 Å². The van der Waals surface area contributed by atoms with Crippen LogP contribution in [0.25, 0.3) is 22.6 Å². The number of aryl methyl sites for hydroxylation is 1. The number of rotatable bonds is 7. The lowest BCUT2D eigenvalue weighted by atomic mass is 10.1. The molecule has 0 amide bonds. The maximum absolute atomic E-state index is 5.87. The second-order valence-corrected chi connectivity index (χ2v) is 6.55. The van der Waals surface area contributed by atoms with Gasteiger partial charge in [0.25, 0.3) is 0 Å². The number of ether oxygens (including phenoxy) is 2. The third-order valence-corrected chi connectivity index (χ3v) is 4.57. The molecule has 0 saturated heterocycles. The molecule has 0 bridgehead atoms. The first-order valence-electron chi connectivity index (χ1n) is 9.60. The normalized spacial score (nSPS) is 10.7. The van der Waals surface area contributed by atoms with Crippen LogP contribution in [0.4, 0.5) is 17.5 Å². The van der Waals surface area contributed by atoms with Crippen molar-refractivity contribution >= 4 is 17.5 Å². The SMILES string of the molecule is CCc1nc(-c2cnc(N)c(OC)c2)c(-c2ccnc(Nc3ccnc(OC)c3)n2)[nH]1. The number of nitrogen functional groups attached to an aromatic ring is 1. The molecular formula is C21H22N8O2. The Bertz CT molecular complexity index is 1210. The van der Waals surface area contributed by atoms with Gasteiger partial charge in [0.15, 0.2) is 11.6 Å². The van der Waals surface area contributed by atoms with Crippen LogP contribution in [0.2, 0.25) is 0 Å². The Kier molecular flexibility index (Phi) is 5.61. The van der Waals surface area contributed by atoms with Crippen LogP contribution < -0.4 is 20.5 Å². The van der Waals surface area contributed by atoms with Gasteiger partial charge in [0.05, 0.1) is 31.3 Å². The highest BCUT2D eigenvalue weighted by Crippen LogP contribution is 2.32. The highest BCUT2D eigenvalue weighted by molar-refractivity contribution is 5.78. The smallest absolute Gasteiger partial charge is 0.227 e. The summed E-state index contributed by atoms with van der Waals surface area (Å²) in [6.07, 6.45) is 5.73. The highest BCUT2D eigenvalue weighted by Gasteiger charge is 2.17. The molecule has 0 aliphatic rings. The molecule has 4 N–H and O–H groups in total. The van der Waals surface area contributed by atoms with Gasteiger partial charge in [-0.15, -0.1) is 0 Å². The molecule has 0 atom stereocenters. The number of hydrogen-bond acceptors (Lipinski definition) is 9. The number of nitrogens with zero attached hydrogens (tertiary/aromatic N) is 5. The third-order valence-electron chi connectivity index (χ3n) is 4.57. The lowest BCUT2D eigenvalue weighted by molar-refractivity contribution is 0.398. The Morgan fingerprint density at radius 1 is 1.03 bits per heavy atom. The average Bonchev–Trinajstić information content (AvgIpc) is 3.24. The van der Waals surface area contributed by atoms with E-state index in [1.165, 1.54) is 0 Å². The largest absolute Gasteiger partial charge is 0.493 e. The van der Waals surface area contributed by atoms with Gasteiger partial charge in [0, 0.05) is 42.3 Å². The molecule has 10 nitrogen and oxygen atoms in total. The highest BCUT2D eigenvalue weighted by atomic mass is 16.5. The molecule has 4 rings (SSSR count). The molecule has 0 spiro atoms. The summed E-state index contributed by atoms with van der Waals surface area (Å²) in [4.78, 5) is 25.4. The van der Waals surface area contributed by atoms with E-state index in [0.29, 0.717) is 34.8 Å². The molecule has 4 heterocycles. The van der Waals surface area contributed by atoms with Crippen LogP contribution in [-0.4, -0.2) is 44.1 Å². The number of hydrogen-bond donors (Lipinski definition) is 3. The topological polar surface area (TPSA) is 137 Å². The van der Waals surface area contributed by atoms with Crippen LogP contribution in [0.1, 0.15) is 12.7 Å². The Labute approximate surface area is 178 Å². The number of nitrogens with two attached hydrogens (primary N) is 1. The quantitative estimate of drug-likeness (QED) is 0.413. The molecule has 10 heteroatoms. The first kappa shape index (κ1) is 20.1. The van der Waals surface area contributed by atoms with Gasteiger partial charge in [-0.25, -0.2) is 24.9 Å². The van der Waals surface area contributed by atoms with Crippen molar-refractivity contribution in [1.82, 2.24) is 29.9 Å². The van der Waals surface area contributed by atoms with Crippen molar-refractivity contribution in [3.05, 3.63) is 48.7 Å². The molecule has 0 radical (unpaired) electrons. The van der Waals surface area contributed by atoms with Crippen LogP contribution in [0, 0.1) is 0 Å². The fourth-order valence-corrected chi connectivity index (χ4v) is 3.02. The van der Waals surface area contributed by atoms with Gasteiger partial charge in [0.2, 0.25) is 11.8 Å². The maximum atomic E-state index is 5.87. The van der Waals surface area contributed by atoms with Gasteiger partial charge in [0.1, 0.15) is 5.82 Å². The molecule has 0 aliphatic heterocycles. The summed E-state index contributed by atoms with van der Waals surface area (Å²) in [5.74, 6) is 2.56. The van der Waals surface area contributed by atoms with Crippen molar-refractivity contribution in [2.75, 3.05) is 25.3 Å². The summed E-state index contributed by atoms with van der Waals surface area (Å²) >= 11 is 0. The van der Waals surface area contributed by atoms with Crippen LogP contribution in [0.15, 0.2) is 42.9 Å². The molecule has 4 aromatic rings. The average molecular weight is 418 g/mol. The van der Waals surface area contributed by atoms with E-state index in [1.807, 2.05) is 25.1 Å². The first-order chi connectivity index (χ1) is 15.1. The van der Waals surface area contributed by atoms with Crippen LogP contribution in [0.5, 0.6) is 11.6 Å². The molecule has 31 heavy (non-hydrogen) atoms. The Hall–Kier alpha value is -4.21. The van der Waals surface area contributed by atoms with E-state index < -0.39 is 0 Å². The van der Waals surface area contributed by atoms with Gasteiger partial charge in [-0.2, -0.15) is 0 Å². The fourth-order valence-electron chi connectivity index (χ4n) is 3.02. The lowest BCUT2D eigenvalue weighted by Crippen LogP contribution is -2.00. The Morgan fingerprint density at radius 3 is 2.65 bits per heavy atom. The predicted octanol–water partition coefficient (Wildman–Crippen LogP) is 3.23. The zero-order valence-electron chi connectivity index (χ0n) is 17.4. The molecular weight excluding hydrogens is 396 g/mol. The van der Waals surface area contributed by atoms with E-state index in [2.05, 4.69) is 30.2 Å². The van der Waals surface area contributed by atoms with Crippen molar-refractivity contribution in [2.24, 2.45) is 0 Å². The molecule has 0 aliphatic carbocycles. The van der Waals surface area contributed by atoms with Crippen LogP contribution in [0.3, 0.4) is 0 Å². The molecule has 0 saturated carbocycles. The third kappa shape index (κ3) is 4.22. The van der Waals surface area contributed by atoms with E-state index in [4.69, 9.17) is 20.2 Å². The lowest BCUT2D eigenvalue weighted by Gasteiger charge is -2.09. The Morgan fingerprint density at radius 2 is 1.87 bits per heavy atom. The predicted molar refractivity (Wildman–Crippen MR) is 117 cm³/mol. The van der Waals surface area contributed by atoms with Crippen LogP contribution >= 0.6 is 0 Å². The summed E-state index contributed by atoms with van der Waals surface area (Å²) < 4.78 is 10.5. The van der Waals surface area contributed by atoms with E-state index in [0.717, 1.165) is 29.2 Å². The number of methoxy groups -OCH3 is 2. The van der Waals surface area contributed by atoms with Gasteiger partial charge in [-0.1, -0.05) is 6.92 Å². The summed E-state index contributed by atoms with van der Waals surface area (Å²) in [6.45, 7) is 2.03. The van der Waals surface area contributed by atoms with Crippen LogP contribution in [-0.2, 0) is 6.42 Å². The number of H-pyrrole nitrogens is 1. The van der Waals surface area contributed by atoms with E-state index in [-0.39, 0.29) is 0 Å². The molecule has 158 valence electrons. The zero-order valence-corrected chi connectivity index (χ0v) is 17.4. The summed E-state index contributed by atoms with van der Waals surface area (Å²) in [7, 11) is 3.12. The van der Waals surface area contributed by atoms with Crippen molar-refractivity contribution in [3.63, 3.8) is 0 Å². The minimum absolute atomic E-state index is 0.320. The number of imidazole rings is 1. The van der Waals surface area contributed by atoms with Crippen molar-refractivity contribution < 1.29 is 9.47 Å². The first-order valence-corrected chi connectivity index (χ1v) is 9.60. The number of pyridine rings is 2. The number of nitrogens with one attached hydrogen (secondary N) is 2. The number of anilines is 3. The minimum atomic E-state index is 0.320. The molecule has 0 aromatic carbocycles. The minimum Gasteiger partial charge on any atom is -0.493 e. The second-order valence-electron chi connectivity index (χ2n) is 6.55. The standard InChI is InChI=1S/C21H22N8O2/c1-4-16-28-18(12-9-15(30-2)20(22)25-11-12)19(29-16)14-6-8-24-21(27-14)26-13-5-7-23-17(10-13)31-3/h5-11H,4H2,1-3H3,(H2,22,25)(H,28,29)(H,23,24,26,27). The van der Waals surface area contributed by atoms with Gasteiger partial charge >= 0.3 is 0 Å². The van der Waals surface area contributed by atoms with Gasteiger partial charge in [-0.3, -0.25) is 0 Å². The number of aromatic nitrogens is 6. The van der Waals surface area contributed by atoms with Gasteiger partial charge < -0.3 is 25.5 Å². The van der Waals surface area contributed by atoms with E-state index in [9.17, 15) is 0 Å². The number of aromatic amines is 1. The molecule has 0 unspecified atom stereocenters. The summed E-state index contributed by atoms with van der Waals surface area (Å²) in [6, 6.07) is 7.20. The summed E-state index contributed by atoms with van der Waals surface area (Å²) in [5, 5.41) is 3.17. The van der Waals surface area contributed by atoms with Crippen molar-refractivity contribution in [2.45, 2.75) is 13.3 Å². The van der Waals surface area contributed by atoms with E-state index in [1.54, 1.807) is 38.9 Å². The van der Waals surface area contributed by atoms with E-state index >= 15 is 0 Å². The fraction of sp³-hybridized carbons (Fsp3) is 0.190. The monoisotopic (exact) mass is 418 g/mol. The molecule has 0 fully saturated rings. The summed E-state index contributed by atoms with van der Waals surface area (Å²) in [5.41, 5.74) is 9.53. The maximum Gasteiger partial charge on any atom is 0.227 e. The zero-order chi connectivity index (χ0) is 21.8. The second kappa shape index (κ2) is 8.66.